The number of benzene rings is 2. The molecule has 0 bridgehead atoms. The molecule has 2 rings (SSSR count). The SMILES string of the molecule is CC(=NNC(=O)CNc1cccc(C(F)(F)F)c1)c1ccc(Cl)cc1Cl. The van der Waals surface area contributed by atoms with Crippen LogP contribution in [0, 0.1) is 0 Å². The fraction of sp³-hybridized carbons (Fsp3) is 0.176. The Labute approximate surface area is 158 Å². The van der Waals surface area contributed by atoms with E-state index in [9.17, 15) is 18.0 Å². The molecule has 0 aliphatic carbocycles. The van der Waals surface area contributed by atoms with E-state index in [1.165, 1.54) is 12.1 Å². The summed E-state index contributed by atoms with van der Waals surface area (Å²) >= 11 is 11.9. The zero-order valence-corrected chi connectivity index (χ0v) is 15.0. The average Bonchev–Trinajstić information content (AvgIpc) is 2.57. The van der Waals surface area contributed by atoms with Crippen molar-refractivity contribution in [1.82, 2.24) is 5.43 Å². The molecule has 0 aromatic heterocycles. The van der Waals surface area contributed by atoms with Crippen LogP contribution in [0.25, 0.3) is 0 Å². The van der Waals surface area contributed by atoms with Crippen LogP contribution in [0.3, 0.4) is 0 Å². The summed E-state index contributed by atoms with van der Waals surface area (Å²) in [6, 6.07) is 9.42. The van der Waals surface area contributed by atoms with Gasteiger partial charge in [0.15, 0.2) is 0 Å². The Bertz CT molecular complexity index is 838. The fourth-order valence-corrected chi connectivity index (χ4v) is 2.56. The molecule has 0 saturated heterocycles. The van der Waals surface area contributed by atoms with Gasteiger partial charge in [0.1, 0.15) is 0 Å². The van der Waals surface area contributed by atoms with Crippen molar-refractivity contribution in [3.63, 3.8) is 0 Å². The lowest BCUT2D eigenvalue weighted by Gasteiger charge is -2.10. The number of halogens is 5. The normalized spacial score (nSPS) is 12.0. The second kappa shape index (κ2) is 8.42. The van der Waals surface area contributed by atoms with Crippen LogP contribution in [0.15, 0.2) is 47.6 Å². The van der Waals surface area contributed by atoms with E-state index in [0.717, 1.165) is 12.1 Å². The highest BCUT2D eigenvalue weighted by molar-refractivity contribution is 6.37. The average molecular weight is 404 g/mol. The van der Waals surface area contributed by atoms with Crippen LogP contribution < -0.4 is 10.7 Å². The fourth-order valence-electron chi connectivity index (χ4n) is 2.02. The quantitative estimate of drug-likeness (QED) is 0.547. The van der Waals surface area contributed by atoms with E-state index >= 15 is 0 Å². The van der Waals surface area contributed by atoms with E-state index in [1.54, 1.807) is 25.1 Å². The molecule has 1 amide bonds. The monoisotopic (exact) mass is 403 g/mol. The summed E-state index contributed by atoms with van der Waals surface area (Å²) in [7, 11) is 0. The summed E-state index contributed by atoms with van der Waals surface area (Å²) < 4.78 is 38.0. The highest BCUT2D eigenvalue weighted by atomic mass is 35.5. The van der Waals surface area contributed by atoms with E-state index in [0.29, 0.717) is 21.3 Å². The number of carbonyl (C=O) groups excluding carboxylic acids is 1. The minimum Gasteiger partial charge on any atom is -0.376 e. The Morgan fingerprint density at radius 2 is 1.88 bits per heavy atom. The van der Waals surface area contributed by atoms with Gasteiger partial charge in [0.05, 0.1) is 22.8 Å². The van der Waals surface area contributed by atoms with Crippen LogP contribution in [0.2, 0.25) is 10.0 Å². The molecule has 0 aliphatic heterocycles. The van der Waals surface area contributed by atoms with Gasteiger partial charge in [0, 0.05) is 16.3 Å². The first-order chi connectivity index (χ1) is 12.2. The van der Waals surface area contributed by atoms with Crippen molar-refractivity contribution in [2.45, 2.75) is 13.1 Å². The van der Waals surface area contributed by atoms with E-state index in [-0.39, 0.29) is 12.2 Å². The summed E-state index contributed by atoms with van der Waals surface area (Å²) in [4.78, 5) is 11.8. The highest BCUT2D eigenvalue weighted by Crippen LogP contribution is 2.30. The second-order valence-corrected chi connectivity index (χ2v) is 6.13. The number of hydrogen-bond acceptors (Lipinski definition) is 3. The van der Waals surface area contributed by atoms with Crippen molar-refractivity contribution in [3.05, 3.63) is 63.6 Å². The molecule has 4 nitrogen and oxygen atoms in total. The number of hydrogen-bond donors (Lipinski definition) is 2. The summed E-state index contributed by atoms with van der Waals surface area (Å²) in [5.74, 6) is -0.521. The standard InChI is InChI=1S/C17H14Cl2F3N3O/c1-10(14-6-5-12(18)8-15(14)19)24-25-16(26)9-23-13-4-2-3-11(7-13)17(20,21)22/h2-8,23H,9H2,1H3,(H,25,26). The lowest BCUT2D eigenvalue weighted by Crippen LogP contribution is -2.26. The Morgan fingerprint density at radius 1 is 1.15 bits per heavy atom. The number of alkyl halides is 3. The Kier molecular flexibility index (Phi) is 6.50. The largest absolute Gasteiger partial charge is 0.416 e. The molecule has 138 valence electrons. The molecular weight excluding hydrogens is 390 g/mol. The Morgan fingerprint density at radius 3 is 2.54 bits per heavy atom. The summed E-state index contributed by atoms with van der Waals surface area (Å²) in [5, 5.41) is 7.40. The van der Waals surface area contributed by atoms with Gasteiger partial charge in [-0.1, -0.05) is 35.3 Å². The van der Waals surface area contributed by atoms with Gasteiger partial charge in [0.2, 0.25) is 0 Å². The molecule has 0 aliphatic rings. The number of hydrazone groups is 1. The molecule has 0 unspecified atom stereocenters. The van der Waals surface area contributed by atoms with Crippen LogP contribution in [0.5, 0.6) is 0 Å². The lowest BCUT2D eigenvalue weighted by atomic mass is 10.1. The third-order valence-electron chi connectivity index (χ3n) is 3.31. The zero-order chi connectivity index (χ0) is 19.3. The maximum atomic E-state index is 12.7. The van der Waals surface area contributed by atoms with Gasteiger partial charge >= 0.3 is 6.18 Å². The van der Waals surface area contributed by atoms with Crippen LogP contribution in [0.1, 0.15) is 18.1 Å². The molecule has 0 radical (unpaired) electrons. The van der Waals surface area contributed by atoms with Gasteiger partial charge in [-0.2, -0.15) is 18.3 Å². The topological polar surface area (TPSA) is 53.5 Å². The maximum absolute atomic E-state index is 12.7. The predicted octanol–water partition coefficient (Wildman–Crippen LogP) is 4.96. The molecule has 9 heteroatoms. The molecule has 0 atom stereocenters. The number of nitrogens with one attached hydrogen (secondary N) is 2. The molecule has 0 spiro atoms. The smallest absolute Gasteiger partial charge is 0.376 e. The van der Waals surface area contributed by atoms with Crippen molar-refractivity contribution in [2.75, 3.05) is 11.9 Å². The molecule has 2 N–H and O–H groups in total. The van der Waals surface area contributed by atoms with E-state index < -0.39 is 17.6 Å². The van der Waals surface area contributed by atoms with Crippen LogP contribution >= 0.6 is 23.2 Å². The minimum atomic E-state index is -4.45. The summed E-state index contributed by atoms with van der Waals surface area (Å²) in [5.41, 5.74) is 2.75. The van der Waals surface area contributed by atoms with Gasteiger partial charge in [0.25, 0.3) is 5.91 Å². The highest BCUT2D eigenvalue weighted by Gasteiger charge is 2.30. The van der Waals surface area contributed by atoms with Crippen molar-refractivity contribution in [3.8, 4) is 0 Å². The van der Waals surface area contributed by atoms with Gasteiger partial charge in [-0.15, -0.1) is 0 Å². The van der Waals surface area contributed by atoms with Gasteiger partial charge < -0.3 is 5.32 Å². The van der Waals surface area contributed by atoms with Crippen molar-refractivity contribution >= 4 is 40.5 Å². The van der Waals surface area contributed by atoms with Crippen molar-refractivity contribution < 1.29 is 18.0 Å². The van der Waals surface area contributed by atoms with Crippen molar-refractivity contribution in [2.24, 2.45) is 5.10 Å². The molecule has 0 heterocycles. The first-order valence-electron chi connectivity index (χ1n) is 7.36. The number of rotatable bonds is 5. The summed E-state index contributed by atoms with van der Waals surface area (Å²) in [6.45, 7) is 1.40. The van der Waals surface area contributed by atoms with E-state index in [4.69, 9.17) is 23.2 Å². The van der Waals surface area contributed by atoms with Crippen LogP contribution in [-0.2, 0) is 11.0 Å². The van der Waals surface area contributed by atoms with E-state index in [2.05, 4.69) is 15.8 Å². The van der Waals surface area contributed by atoms with Crippen LogP contribution in [-0.4, -0.2) is 18.2 Å². The third-order valence-corrected chi connectivity index (χ3v) is 3.86. The Balaban J connectivity index is 1.95. The second-order valence-electron chi connectivity index (χ2n) is 5.29. The van der Waals surface area contributed by atoms with Gasteiger partial charge in [-0.05, 0) is 37.3 Å². The maximum Gasteiger partial charge on any atom is 0.416 e. The molecule has 0 saturated carbocycles. The lowest BCUT2D eigenvalue weighted by molar-refractivity contribution is -0.137. The first kappa shape index (κ1) is 20.1. The molecular formula is C17H14Cl2F3N3O. The minimum absolute atomic E-state index is 0.177. The number of amides is 1. The number of nitrogens with zero attached hydrogens (tertiary/aromatic N) is 1. The Hall–Kier alpha value is -2.25. The number of anilines is 1. The molecule has 26 heavy (non-hydrogen) atoms. The molecule has 0 fully saturated rings. The first-order valence-corrected chi connectivity index (χ1v) is 8.12. The molecule has 2 aromatic carbocycles. The zero-order valence-electron chi connectivity index (χ0n) is 13.5. The molecule has 2 aromatic rings. The third kappa shape index (κ3) is 5.64. The van der Waals surface area contributed by atoms with Crippen LogP contribution in [0.4, 0.5) is 18.9 Å². The summed E-state index contributed by atoms with van der Waals surface area (Å²) in [6.07, 6.45) is -4.45. The predicted molar refractivity (Wildman–Crippen MR) is 96.7 cm³/mol. The van der Waals surface area contributed by atoms with Crippen molar-refractivity contribution in [1.29, 1.82) is 0 Å². The van der Waals surface area contributed by atoms with Gasteiger partial charge in [-0.3, -0.25) is 4.79 Å². The van der Waals surface area contributed by atoms with Gasteiger partial charge in [-0.25, -0.2) is 5.43 Å². The van der Waals surface area contributed by atoms with E-state index in [1.807, 2.05) is 0 Å². The number of carbonyl (C=O) groups is 1.